The fourth-order valence-corrected chi connectivity index (χ4v) is 1.40. The second kappa shape index (κ2) is 2.45. The molecule has 4 heteroatoms. The Morgan fingerprint density at radius 3 is 2.77 bits per heavy atom. The van der Waals surface area contributed by atoms with E-state index in [0.717, 1.165) is 5.56 Å². The van der Waals surface area contributed by atoms with E-state index >= 15 is 0 Å². The number of halogens is 1. The fourth-order valence-electron chi connectivity index (χ4n) is 1.40. The maximum Gasteiger partial charge on any atom is 0.274 e. The van der Waals surface area contributed by atoms with Gasteiger partial charge >= 0.3 is 0 Å². The molecule has 68 valence electrons. The molecule has 2 aromatic rings. The lowest BCUT2D eigenvalue weighted by atomic mass is 10.4. The van der Waals surface area contributed by atoms with Crippen LogP contribution in [0.5, 0.6) is 0 Å². The first-order valence-corrected chi connectivity index (χ1v) is 3.93. The Hall–Kier alpha value is -1.58. The SMILES string of the molecule is Cc1cc2c(=O)n(C)cc(F)n2c1. The largest absolute Gasteiger partial charge is 0.312 e. The van der Waals surface area contributed by atoms with Crippen LogP contribution in [0.25, 0.3) is 5.52 Å². The molecular formula is C9H9FN2O. The summed E-state index contributed by atoms with van der Waals surface area (Å²) >= 11 is 0. The van der Waals surface area contributed by atoms with Gasteiger partial charge in [-0.25, -0.2) is 0 Å². The van der Waals surface area contributed by atoms with Crippen LogP contribution in [0.1, 0.15) is 5.56 Å². The molecule has 0 unspecified atom stereocenters. The van der Waals surface area contributed by atoms with E-state index in [1.165, 1.54) is 22.2 Å². The van der Waals surface area contributed by atoms with Gasteiger partial charge < -0.3 is 4.57 Å². The van der Waals surface area contributed by atoms with E-state index in [4.69, 9.17) is 0 Å². The molecule has 0 aliphatic carbocycles. The van der Waals surface area contributed by atoms with Crippen LogP contribution >= 0.6 is 0 Å². The molecule has 0 N–H and O–H groups in total. The van der Waals surface area contributed by atoms with Crippen molar-refractivity contribution in [3.8, 4) is 0 Å². The molecule has 13 heavy (non-hydrogen) atoms. The lowest BCUT2D eigenvalue weighted by Crippen LogP contribution is -2.19. The average molecular weight is 180 g/mol. The molecule has 0 radical (unpaired) electrons. The van der Waals surface area contributed by atoms with Crippen molar-refractivity contribution < 1.29 is 4.39 Å². The van der Waals surface area contributed by atoms with E-state index in [1.54, 1.807) is 12.3 Å². The zero-order valence-corrected chi connectivity index (χ0v) is 7.41. The maximum absolute atomic E-state index is 13.2. The molecule has 0 bridgehead atoms. The molecule has 0 atom stereocenters. The summed E-state index contributed by atoms with van der Waals surface area (Å²) in [6.45, 7) is 1.83. The van der Waals surface area contributed by atoms with Gasteiger partial charge in [0.25, 0.3) is 5.56 Å². The first-order valence-electron chi connectivity index (χ1n) is 3.93. The summed E-state index contributed by atoms with van der Waals surface area (Å²) in [5.74, 6) is -0.426. The summed E-state index contributed by atoms with van der Waals surface area (Å²) in [7, 11) is 1.54. The highest BCUT2D eigenvalue weighted by Gasteiger charge is 2.06. The Bertz CT molecular complexity index is 524. The number of aromatic nitrogens is 2. The van der Waals surface area contributed by atoms with Crippen LogP contribution in [0.2, 0.25) is 0 Å². The Morgan fingerprint density at radius 2 is 2.08 bits per heavy atom. The van der Waals surface area contributed by atoms with Gasteiger partial charge in [-0.05, 0) is 18.6 Å². The molecule has 3 nitrogen and oxygen atoms in total. The first kappa shape index (κ1) is 8.04. The summed E-state index contributed by atoms with van der Waals surface area (Å²) in [6, 6.07) is 1.67. The monoisotopic (exact) mass is 180 g/mol. The van der Waals surface area contributed by atoms with Gasteiger partial charge in [-0.2, -0.15) is 4.39 Å². The molecule has 0 aliphatic heterocycles. The minimum Gasteiger partial charge on any atom is -0.312 e. The highest BCUT2D eigenvalue weighted by atomic mass is 19.1. The molecule has 0 saturated carbocycles. The highest BCUT2D eigenvalue weighted by Crippen LogP contribution is 2.06. The van der Waals surface area contributed by atoms with Crippen molar-refractivity contribution in [1.82, 2.24) is 8.97 Å². The Morgan fingerprint density at radius 1 is 1.38 bits per heavy atom. The number of hydrogen-bond acceptors (Lipinski definition) is 1. The number of nitrogens with zero attached hydrogens (tertiary/aromatic N) is 2. The fraction of sp³-hybridized carbons (Fsp3) is 0.222. The van der Waals surface area contributed by atoms with Crippen molar-refractivity contribution in [2.24, 2.45) is 7.05 Å². The summed E-state index contributed by atoms with van der Waals surface area (Å²) in [4.78, 5) is 11.5. The number of aryl methyl sites for hydroxylation is 2. The predicted octanol–water partition coefficient (Wildman–Crippen LogP) is 1.09. The molecule has 0 spiro atoms. The van der Waals surface area contributed by atoms with Crippen molar-refractivity contribution in [2.75, 3.05) is 0 Å². The van der Waals surface area contributed by atoms with Gasteiger partial charge in [0.05, 0.1) is 6.20 Å². The smallest absolute Gasteiger partial charge is 0.274 e. The van der Waals surface area contributed by atoms with Crippen LogP contribution in [0.3, 0.4) is 0 Å². The normalized spacial score (nSPS) is 11.0. The van der Waals surface area contributed by atoms with E-state index < -0.39 is 5.95 Å². The van der Waals surface area contributed by atoms with Crippen LogP contribution in [0, 0.1) is 12.9 Å². The van der Waals surface area contributed by atoms with Gasteiger partial charge in [0, 0.05) is 13.2 Å². The Kier molecular flexibility index (Phi) is 1.52. The topological polar surface area (TPSA) is 26.4 Å². The van der Waals surface area contributed by atoms with Crippen molar-refractivity contribution >= 4 is 5.52 Å². The van der Waals surface area contributed by atoms with E-state index in [9.17, 15) is 9.18 Å². The maximum atomic E-state index is 13.2. The van der Waals surface area contributed by atoms with Crippen molar-refractivity contribution in [2.45, 2.75) is 6.92 Å². The quantitative estimate of drug-likeness (QED) is 0.596. The molecule has 0 fully saturated rings. The third-order valence-electron chi connectivity index (χ3n) is 2.03. The third-order valence-corrected chi connectivity index (χ3v) is 2.03. The summed E-state index contributed by atoms with van der Waals surface area (Å²) in [6.07, 6.45) is 2.78. The van der Waals surface area contributed by atoms with Gasteiger partial charge in [0.2, 0.25) is 5.95 Å². The number of rotatable bonds is 0. The minimum absolute atomic E-state index is 0.186. The Balaban J connectivity index is 3.04. The summed E-state index contributed by atoms with van der Waals surface area (Å²) < 4.78 is 15.7. The van der Waals surface area contributed by atoms with Gasteiger partial charge in [0.1, 0.15) is 5.52 Å². The van der Waals surface area contributed by atoms with E-state index in [-0.39, 0.29) is 5.56 Å². The first-order chi connectivity index (χ1) is 6.09. The number of fused-ring (bicyclic) bond motifs is 1. The molecule has 2 rings (SSSR count). The summed E-state index contributed by atoms with van der Waals surface area (Å²) in [5, 5.41) is 0. The van der Waals surface area contributed by atoms with E-state index in [1.807, 2.05) is 6.92 Å². The molecule has 2 heterocycles. The minimum atomic E-state index is -0.426. The molecular weight excluding hydrogens is 171 g/mol. The second-order valence-corrected chi connectivity index (χ2v) is 3.14. The van der Waals surface area contributed by atoms with Crippen LogP contribution in [0.4, 0.5) is 4.39 Å². The van der Waals surface area contributed by atoms with Gasteiger partial charge in [0.15, 0.2) is 0 Å². The van der Waals surface area contributed by atoms with Gasteiger partial charge in [-0.15, -0.1) is 0 Å². The van der Waals surface area contributed by atoms with Gasteiger partial charge in [-0.3, -0.25) is 9.20 Å². The van der Waals surface area contributed by atoms with E-state index in [0.29, 0.717) is 5.52 Å². The van der Waals surface area contributed by atoms with Crippen LogP contribution in [0.15, 0.2) is 23.3 Å². The van der Waals surface area contributed by atoms with Gasteiger partial charge in [-0.1, -0.05) is 0 Å². The molecule has 2 aromatic heterocycles. The van der Waals surface area contributed by atoms with Crippen molar-refractivity contribution in [1.29, 1.82) is 0 Å². The third kappa shape index (κ3) is 1.06. The molecule has 0 saturated heterocycles. The van der Waals surface area contributed by atoms with Crippen molar-refractivity contribution in [3.05, 3.63) is 40.3 Å². The predicted molar refractivity (Wildman–Crippen MR) is 47.3 cm³/mol. The lowest BCUT2D eigenvalue weighted by Gasteiger charge is -2.00. The molecule has 0 aromatic carbocycles. The second-order valence-electron chi connectivity index (χ2n) is 3.14. The zero-order valence-electron chi connectivity index (χ0n) is 7.41. The Labute approximate surface area is 74.0 Å². The lowest BCUT2D eigenvalue weighted by molar-refractivity contribution is 0.547. The molecule has 0 amide bonds. The zero-order chi connectivity index (χ0) is 9.59. The number of hydrogen-bond donors (Lipinski definition) is 0. The van der Waals surface area contributed by atoms with Crippen molar-refractivity contribution in [3.63, 3.8) is 0 Å². The van der Waals surface area contributed by atoms with Crippen LogP contribution < -0.4 is 5.56 Å². The highest BCUT2D eigenvalue weighted by molar-refractivity contribution is 5.48. The van der Waals surface area contributed by atoms with Crippen LogP contribution in [-0.4, -0.2) is 8.97 Å². The standard InChI is InChI=1S/C9H9FN2O/c1-6-3-7-9(13)11(2)5-8(10)12(7)4-6/h3-5H,1-2H3. The average Bonchev–Trinajstić information content (AvgIpc) is 2.44. The summed E-state index contributed by atoms with van der Waals surface area (Å²) in [5.41, 5.74) is 1.07. The van der Waals surface area contributed by atoms with E-state index in [2.05, 4.69) is 0 Å². The van der Waals surface area contributed by atoms with Crippen LogP contribution in [-0.2, 0) is 7.05 Å². The molecule has 0 aliphatic rings.